The molecule has 0 saturated carbocycles. The van der Waals surface area contributed by atoms with E-state index in [-0.39, 0.29) is 0 Å². The summed E-state index contributed by atoms with van der Waals surface area (Å²) in [6, 6.07) is 12.8. The van der Waals surface area contributed by atoms with Crippen molar-refractivity contribution in [3.05, 3.63) is 53.5 Å². The van der Waals surface area contributed by atoms with Gasteiger partial charge >= 0.3 is 0 Å². The van der Waals surface area contributed by atoms with Crippen LogP contribution in [0.2, 0.25) is 0 Å². The fourth-order valence-corrected chi connectivity index (χ4v) is 4.01. The largest absolute Gasteiger partial charge is 0.465 e. The molecule has 19 heavy (non-hydrogen) atoms. The zero-order chi connectivity index (χ0) is 13.2. The number of benzene rings is 1. The third-order valence-electron chi connectivity index (χ3n) is 3.45. The first-order chi connectivity index (χ1) is 9.20. The van der Waals surface area contributed by atoms with E-state index in [2.05, 4.69) is 42.3 Å². The van der Waals surface area contributed by atoms with Crippen LogP contribution < -0.4 is 0 Å². The Hall–Kier alpha value is -1.19. The molecule has 0 saturated heterocycles. The van der Waals surface area contributed by atoms with E-state index in [4.69, 9.17) is 4.42 Å². The molecule has 3 rings (SSSR count). The van der Waals surface area contributed by atoms with Crippen LogP contribution in [-0.4, -0.2) is 23.7 Å². The van der Waals surface area contributed by atoms with Crippen molar-refractivity contribution in [3.63, 3.8) is 0 Å². The number of furan rings is 1. The van der Waals surface area contributed by atoms with Crippen molar-refractivity contribution in [3.8, 4) is 0 Å². The molecule has 3 heteroatoms. The van der Waals surface area contributed by atoms with E-state index in [1.807, 2.05) is 24.8 Å². The van der Waals surface area contributed by atoms with E-state index in [0.29, 0.717) is 5.25 Å². The molecule has 1 unspecified atom stereocenters. The summed E-state index contributed by atoms with van der Waals surface area (Å²) in [4.78, 5) is 3.80. The van der Waals surface area contributed by atoms with Crippen LogP contribution in [0.1, 0.15) is 17.1 Å². The van der Waals surface area contributed by atoms with Crippen molar-refractivity contribution in [1.29, 1.82) is 0 Å². The molecule has 0 fully saturated rings. The van der Waals surface area contributed by atoms with Gasteiger partial charge in [0.1, 0.15) is 11.5 Å². The number of thioether (sulfide) groups is 1. The average molecular weight is 273 g/mol. The summed E-state index contributed by atoms with van der Waals surface area (Å²) >= 11 is 2.01. The normalized spacial score (nSPS) is 17.9. The fraction of sp³-hybridized carbons (Fsp3) is 0.375. The molecular formula is C16H19NOS. The lowest BCUT2D eigenvalue weighted by Crippen LogP contribution is -2.26. The zero-order valence-electron chi connectivity index (χ0n) is 11.4. The summed E-state index contributed by atoms with van der Waals surface area (Å²) in [5, 5.41) is 0.665. The standard InChI is InChI=1S/C16H19NOS/c1-12-7-8-14(18-12)10-17(2)11-15-9-13-5-3-4-6-16(13)19-15/h3-8,15H,9-11H2,1-2H3. The van der Waals surface area contributed by atoms with Gasteiger partial charge in [0.2, 0.25) is 0 Å². The van der Waals surface area contributed by atoms with Gasteiger partial charge in [-0.25, -0.2) is 0 Å². The molecule has 1 aromatic heterocycles. The lowest BCUT2D eigenvalue weighted by atomic mass is 10.1. The molecule has 0 amide bonds. The Bertz CT molecular complexity index is 538. The van der Waals surface area contributed by atoms with Crippen LogP contribution in [0.4, 0.5) is 0 Å². The van der Waals surface area contributed by atoms with Crippen LogP contribution in [0.15, 0.2) is 45.7 Å². The van der Waals surface area contributed by atoms with Gasteiger partial charge in [-0.2, -0.15) is 0 Å². The first-order valence-corrected chi connectivity index (χ1v) is 7.57. The van der Waals surface area contributed by atoms with E-state index in [0.717, 1.165) is 24.6 Å². The smallest absolute Gasteiger partial charge is 0.118 e. The minimum Gasteiger partial charge on any atom is -0.465 e. The number of rotatable bonds is 4. The quantitative estimate of drug-likeness (QED) is 0.844. The van der Waals surface area contributed by atoms with Crippen molar-refractivity contribution < 1.29 is 4.42 Å². The Morgan fingerprint density at radius 1 is 1.26 bits per heavy atom. The topological polar surface area (TPSA) is 16.4 Å². The second kappa shape index (κ2) is 5.43. The highest BCUT2D eigenvalue weighted by Gasteiger charge is 2.23. The predicted octanol–water partition coefficient (Wildman–Crippen LogP) is 3.74. The van der Waals surface area contributed by atoms with Gasteiger partial charge in [0.15, 0.2) is 0 Å². The van der Waals surface area contributed by atoms with Gasteiger partial charge in [0, 0.05) is 16.7 Å². The molecule has 100 valence electrons. The summed E-state index contributed by atoms with van der Waals surface area (Å²) in [7, 11) is 2.17. The summed E-state index contributed by atoms with van der Waals surface area (Å²) in [5.74, 6) is 2.05. The average Bonchev–Trinajstić information content (AvgIpc) is 2.94. The first kappa shape index (κ1) is 12.8. The number of hydrogen-bond donors (Lipinski definition) is 0. The first-order valence-electron chi connectivity index (χ1n) is 6.69. The van der Waals surface area contributed by atoms with Crippen molar-refractivity contribution >= 4 is 11.8 Å². The molecular weight excluding hydrogens is 254 g/mol. The second-order valence-corrected chi connectivity index (χ2v) is 6.60. The number of aryl methyl sites for hydroxylation is 1. The SMILES string of the molecule is Cc1ccc(CN(C)CC2Cc3ccccc3S2)o1. The van der Waals surface area contributed by atoms with Crippen LogP contribution in [0, 0.1) is 6.92 Å². The van der Waals surface area contributed by atoms with Gasteiger partial charge in [-0.1, -0.05) is 18.2 Å². The van der Waals surface area contributed by atoms with Crippen molar-refractivity contribution in [2.24, 2.45) is 0 Å². The van der Waals surface area contributed by atoms with Crippen LogP contribution in [0.25, 0.3) is 0 Å². The highest BCUT2D eigenvalue weighted by molar-refractivity contribution is 8.00. The molecule has 1 aliphatic rings. The molecule has 0 spiro atoms. The van der Waals surface area contributed by atoms with Gasteiger partial charge in [0.25, 0.3) is 0 Å². The highest BCUT2D eigenvalue weighted by Crippen LogP contribution is 2.37. The van der Waals surface area contributed by atoms with Crippen LogP contribution in [-0.2, 0) is 13.0 Å². The van der Waals surface area contributed by atoms with E-state index < -0.39 is 0 Å². The van der Waals surface area contributed by atoms with Crippen LogP contribution in [0.3, 0.4) is 0 Å². The third kappa shape index (κ3) is 3.04. The Morgan fingerprint density at radius 3 is 2.84 bits per heavy atom. The molecule has 0 aliphatic carbocycles. The maximum absolute atomic E-state index is 5.63. The molecule has 0 bridgehead atoms. The van der Waals surface area contributed by atoms with Gasteiger partial charge in [0.05, 0.1) is 6.54 Å². The lowest BCUT2D eigenvalue weighted by Gasteiger charge is -2.19. The molecule has 2 heterocycles. The van der Waals surface area contributed by atoms with Crippen LogP contribution in [0.5, 0.6) is 0 Å². The summed E-state index contributed by atoms with van der Waals surface area (Å²) in [6.07, 6.45) is 1.18. The predicted molar refractivity (Wildman–Crippen MR) is 79.6 cm³/mol. The van der Waals surface area contributed by atoms with Gasteiger partial charge in [-0.3, -0.25) is 4.90 Å². The fourth-order valence-electron chi connectivity index (χ4n) is 2.60. The number of fused-ring (bicyclic) bond motifs is 1. The highest BCUT2D eigenvalue weighted by atomic mass is 32.2. The molecule has 1 atom stereocenters. The molecule has 1 aliphatic heterocycles. The molecule has 1 aromatic carbocycles. The Balaban J connectivity index is 1.55. The summed E-state index contributed by atoms with van der Waals surface area (Å²) in [5.41, 5.74) is 1.50. The minimum absolute atomic E-state index is 0.665. The summed E-state index contributed by atoms with van der Waals surface area (Å²) in [6.45, 7) is 3.98. The number of nitrogens with zero attached hydrogens (tertiary/aromatic N) is 1. The van der Waals surface area contributed by atoms with Crippen molar-refractivity contribution in [1.82, 2.24) is 4.90 Å². The Kier molecular flexibility index (Phi) is 3.67. The van der Waals surface area contributed by atoms with Gasteiger partial charge < -0.3 is 4.42 Å². The van der Waals surface area contributed by atoms with Gasteiger partial charge in [-0.15, -0.1) is 11.8 Å². The van der Waals surface area contributed by atoms with E-state index in [1.54, 1.807) is 0 Å². The maximum Gasteiger partial charge on any atom is 0.118 e. The van der Waals surface area contributed by atoms with Gasteiger partial charge in [-0.05, 0) is 44.2 Å². The van der Waals surface area contributed by atoms with E-state index in [1.165, 1.54) is 16.9 Å². The third-order valence-corrected chi connectivity index (χ3v) is 4.75. The maximum atomic E-state index is 5.63. The van der Waals surface area contributed by atoms with Crippen molar-refractivity contribution in [2.75, 3.05) is 13.6 Å². The molecule has 0 N–H and O–H groups in total. The lowest BCUT2D eigenvalue weighted by molar-refractivity contribution is 0.293. The monoisotopic (exact) mass is 273 g/mol. The summed E-state index contributed by atoms with van der Waals surface area (Å²) < 4.78 is 5.63. The van der Waals surface area contributed by atoms with Crippen LogP contribution >= 0.6 is 11.8 Å². The van der Waals surface area contributed by atoms with E-state index in [9.17, 15) is 0 Å². The Labute approximate surface area is 118 Å². The zero-order valence-corrected chi connectivity index (χ0v) is 12.2. The Morgan fingerprint density at radius 2 is 2.11 bits per heavy atom. The minimum atomic E-state index is 0.665. The molecule has 2 nitrogen and oxygen atoms in total. The molecule has 2 aromatic rings. The second-order valence-electron chi connectivity index (χ2n) is 5.26. The van der Waals surface area contributed by atoms with E-state index >= 15 is 0 Å². The number of hydrogen-bond acceptors (Lipinski definition) is 3. The molecule has 0 radical (unpaired) electrons. The van der Waals surface area contributed by atoms with Crippen molar-refractivity contribution in [2.45, 2.75) is 30.0 Å².